The van der Waals surface area contributed by atoms with E-state index in [0.29, 0.717) is 0 Å². The Morgan fingerprint density at radius 1 is 1.07 bits per heavy atom. The van der Waals surface area contributed by atoms with Crippen molar-refractivity contribution in [3.8, 4) is 11.3 Å². The average molecular weight is 431 g/mol. The van der Waals surface area contributed by atoms with Crippen molar-refractivity contribution in [1.29, 1.82) is 0 Å². The van der Waals surface area contributed by atoms with Gasteiger partial charge in [0.1, 0.15) is 22.5 Å². The first-order valence-electron chi connectivity index (χ1n) is 9.85. The molecule has 0 fully saturated rings. The smallest absolute Gasteiger partial charge is 0.143 e. The van der Waals surface area contributed by atoms with Crippen LogP contribution < -0.4 is 0 Å². The average Bonchev–Trinajstić information content (AvgIpc) is 3.26. The van der Waals surface area contributed by atoms with Gasteiger partial charge in [-0.25, -0.2) is 9.97 Å². The number of hydrogen-bond donors (Lipinski definition) is 0. The van der Waals surface area contributed by atoms with Crippen LogP contribution in [0.2, 0.25) is 0 Å². The van der Waals surface area contributed by atoms with Crippen LogP contribution in [0.5, 0.6) is 0 Å². The maximum atomic E-state index is 6.10. The van der Waals surface area contributed by atoms with Crippen molar-refractivity contribution < 1.29 is 4.42 Å². The van der Waals surface area contributed by atoms with Gasteiger partial charge in [-0.1, -0.05) is 45.2 Å². The number of fused-ring (bicyclic) bond motifs is 5. The van der Waals surface area contributed by atoms with Crippen LogP contribution in [-0.4, -0.2) is 9.97 Å². The fourth-order valence-electron chi connectivity index (χ4n) is 3.99. The van der Waals surface area contributed by atoms with E-state index < -0.39 is 0 Å². The molecule has 0 atom stereocenters. The van der Waals surface area contributed by atoms with Crippen LogP contribution in [0.15, 0.2) is 64.0 Å². The van der Waals surface area contributed by atoms with E-state index in [-0.39, 0.29) is 5.41 Å². The first-order valence-corrected chi connectivity index (χ1v) is 11.6. The lowest BCUT2D eigenvalue weighted by atomic mass is 9.85. The molecule has 0 bridgehead atoms. The van der Waals surface area contributed by atoms with Crippen molar-refractivity contribution >= 4 is 54.4 Å². The summed E-state index contributed by atoms with van der Waals surface area (Å²) >= 11 is 3.35. The number of thioether (sulfide) groups is 1. The van der Waals surface area contributed by atoms with Crippen molar-refractivity contribution in [1.82, 2.24) is 9.97 Å². The summed E-state index contributed by atoms with van der Waals surface area (Å²) in [6.45, 7) is 12.6. The summed E-state index contributed by atoms with van der Waals surface area (Å²) in [6, 6.07) is 13.0. The molecule has 3 aromatic heterocycles. The van der Waals surface area contributed by atoms with Gasteiger partial charge in [0.2, 0.25) is 0 Å². The SMILES string of the molecule is C=CSc1ccc(-c2ncnc3sc4ccc5cc(C)oc5c4c23)cc1C(C)(C)C. The summed E-state index contributed by atoms with van der Waals surface area (Å²) in [5.74, 6) is 0.913. The van der Waals surface area contributed by atoms with Crippen molar-refractivity contribution in [2.75, 3.05) is 0 Å². The third kappa shape index (κ3) is 3.04. The Morgan fingerprint density at radius 2 is 1.90 bits per heavy atom. The van der Waals surface area contributed by atoms with Gasteiger partial charge in [0, 0.05) is 31.3 Å². The van der Waals surface area contributed by atoms with Gasteiger partial charge >= 0.3 is 0 Å². The standard InChI is InChI=1S/C25H22N2OS2/c1-6-29-18-9-7-15(12-17(18)25(3,4)5)22-21-20-19(30-24(21)27-13-26-22)10-8-16-11-14(2)28-23(16)20/h6-13H,1H2,2-5H3. The number of thiophene rings is 1. The molecular formula is C25H22N2OS2. The van der Waals surface area contributed by atoms with Crippen LogP contribution in [-0.2, 0) is 5.41 Å². The van der Waals surface area contributed by atoms with E-state index in [0.717, 1.165) is 43.6 Å². The van der Waals surface area contributed by atoms with Gasteiger partial charge < -0.3 is 4.42 Å². The third-order valence-corrected chi connectivity index (χ3v) is 7.15. The first-order chi connectivity index (χ1) is 14.4. The topological polar surface area (TPSA) is 38.9 Å². The number of aromatic nitrogens is 2. The molecule has 0 radical (unpaired) electrons. The second-order valence-corrected chi connectivity index (χ2v) is 10.5. The Hall–Kier alpha value is -2.63. The van der Waals surface area contributed by atoms with Crippen LogP contribution in [0.3, 0.4) is 0 Å². The molecule has 3 nitrogen and oxygen atoms in total. The summed E-state index contributed by atoms with van der Waals surface area (Å²) in [7, 11) is 0. The number of benzene rings is 2. The van der Waals surface area contributed by atoms with E-state index in [1.807, 2.05) is 12.3 Å². The number of furan rings is 1. The molecule has 2 aromatic carbocycles. The minimum Gasteiger partial charge on any atom is -0.461 e. The Kier molecular flexibility index (Phi) is 4.49. The quantitative estimate of drug-likeness (QED) is 0.271. The molecule has 5 rings (SSSR count). The Balaban J connectivity index is 1.85. The zero-order valence-corrected chi connectivity index (χ0v) is 19.1. The molecule has 0 aliphatic rings. The van der Waals surface area contributed by atoms with E-state index >= 15 is 0 Å². The van der Waals surface area contributed by atoms with Crippen LogP contribution in [0.25, 0.3) is 42.5 Å². The van der Waals surface area contributed by atoms with Crippen LogP contribution in [0.1, 0.15) is 32.1 Å². The van der Waals surface area contributed by atoms with E-state index in [4.69, 9.17) is 9.40 Å². The number of nitrogens with zero attached hydrogens (tertiary/aromatic N) is 2. The maximum absolute atomic E-state index is 6.10. The van der Waals surface area contributed by atoms with Crippen molar-refractivity contribution in [3.63, 3.8) is 0 Å². The summed E-state index contributed by atoms with van der Waals surface area (Å²) in [4.78, 5) is 11.5. The molecule has 5 aromatic rings. The maximum Gasteiger partial charge on any atom is 0.143 e. The minimum atomic E-state index is 0.00953. The Labute approximate surface area is 183 Å². The lowest BCUT2D eigenvalue weighted by Gasteiger charge is -2.23. The number of rotatable bonds is 3. The van der Waals surface area contributed by atoms with E-state index in [1.54, 1.807) is 29.4 Å². The lowest BCUT2D eigenvalue weighted by molar-refractivity contribution is 0.578. The Morgan fingerprint density at radius 3 is 2.67 bits per heavy atom. The van der Waals surface area contributed by atoms with Gasteiger partial charge in [0.05, 0.1) is 5.69 Å². The molecule has 0 spiro atoms. The van der Waals surface area contributed by atoms with Gasteiger partial charge in [-0.15, -0.1) is 11.3 Å². The monoisotopic (exact) mass is 430 g/mol. The summed E-state index contributed by atoms with van der Waals surface area (Å²) in [5.41, 5.74) is 4.27. The minimum absolute atomic E-state index is 0.00953. The second-order valence-electron chi connectivity index (χ2n) is 8.46. The Bertz CT molecular complexity index is 1440. The van der Waals surface area contributed by atoms with Gasteiger partial charge in [0.15, 0.2) is 0 Å². The van der Waals surface area contributed by atoms with Crippen LogP contribution in [0.4, 0.5) is 0 Å². The van der Waals surface area contributed by atoms with Crippen LogP contribution >= 0.6 is 23.1 Å². The molecule has 0 saturated carbocycles. The summed E-state index contributed by atoms with van der Waals surface area (Å²) in [6.07, 6.45) is 1.67. The summed E-state index contributed by atoms with van der Waals surface area (Å²) in [5, 5.41) is 5.18. The van der Waals surface area contributed by atoms with Gasteiger partial charge in [0.25, 0.3) is 0 Å². The van der Waals surface area contributed by atoms with Gasteiger partial charge in [-0.05, 0) is 53.6 Å². The molecule has 0 saturated heterocycles. The molecule has 0 aliphatic heterocycles. The highest BCUT2D eigenvalue weighted by atomic mass is 32.2. The van der Waals surface area contributed by atoms with Crippen molar-refractivity contribution in [2.24, 2.45) is 0 Å². The van der Waals surface area contributed by atoms with E-state index in [1.165, 1.54) is 15.2 Å². The highest BCUT2D eigenvalue weighted by Crippen LogP contribution is 2.43. The van der Waals surface area contributed by atoms with Gasteiger partial charge in [-0.3, -0.25) is 0 Å². The lowest BCUT2D eigenvalue weighted by Crippen LogP contribution is -2.12. The molecule has 3 heterocycles. The first kappa shape index (κ1) is 19.3. The van der Waals surface area contributed by atoms with Crippen molar-refractivity contribution in [3.05, 3.63) is 66.0 Å². The summed E-state index contributed by atoms with van der Waals surface area (Å²) < 4.78 is 7.27. The molecule has 0 unspecified atom stereocenters. The highest BCUT2D eigenvalue weighted by Gasteiger charge is 2.22. The van der Waals surface area contributed by atoms with Crippen LogP contribution in [0, 0.1) is 6.92 Å². The zero-order chi connectivity index (χ0) is 21.0. The normalized spacial score (nSPS) is 12.3. The number of aryl methyl sites for hydroxylation is 1. The second kappa shape index (κ2) is 6.96. The predicted octanol–water partition coefficient (Wildman–Crippen LogP) is 8.10. The van der Waals surface area contributed by atoms with E-state index in [2.05, 4.69) is 68.7 Å². The molecular weight excluding hydrogens is 408 g/mol. The molecule has 0 N–H and O–H groups in total. The highest BCUT2D eigenvalue weighted by molar-refractivity contribution is 8.02. The largest absolute Gasteiger partial charge is 0.461 e. The van der Waals surface area contributed by atoms with Gasteiger partial charge in [-0.2, -0.15) is 0 Å². The molecule has 30 heavy (non-hydrogen) atoms. The fraction of sp³-hybridized carbons (Fsp3) is 0.200. The predicted molar refractivity (Wildman–Crippen MR) is 130 cm³/mol. The van der Waals surface area contributed by atoms with E-state index in [9.17, 15) is 0 Å². The molecule has 0 aliphatic carbocycles. The third-order valence-electron chi connectivity index (χ3n) is 5.31. The zero-order valence-electron chi connectivity index (χ0n) is 17.4. The fourth-order valence-corrected chi connectivity index (χ4v) is 5.85. The molecule has 0 amide bonds. The molecule has 150 valence electrons. The number of hydrogen-bond acceptors (Lipinski definition) is 5. The van der Waals surface area contributed by atoms with Crippen molar-refractivity contribution in [2.45, 2.75) is 38.0 Å². The molecule has 5 heteroatoms.